The molecule has 0 N–H and O–H groups in total. The third-order valence-electron chi connectivity index (χ3n) is 21.4. The van der Waals surface area contributed by atoms with Gasteiger partial charge in [-0.1, -0.05) is 184 Å². The average molecular weight is 1060 g/mol. The highest BCUT2D eigenvalue weighted by atomic mass is 32.1. The molecule has 402 valence electrons. The minimum Gasteiger partial charge on any atom is -0.311 e. The summed E-state index contributed by atoms with van der Waals surface area (Å²) >= 11 is 2.11. The van der Waals surface area contributed by atoms with Crippen LogP contribution < -0.4 is 25.5 Å². The lowest BCUT2D eigenvalue weighted by Gasteiger charge is -2.48. The van der Waals surface area contributed by atoms with Gasteiger partial charge in [-0.3, -0.25) is 0 Å². The number of thiophene rings is 1. The highest BCUT2D eigenvalue weighted by Gasteiger charge is 2.55. The number of hydrogen-bond acceptors (Lipinski definition) is 3. The van der Waals surface area contributed by atoms with Gasteiger partial charge in [-0.05, 0) is 209 Å². The maximum atomic E-state index is 2.86. The summed E-state index contributed by atoms with van der Waals surface area (Å²) in [5, 5.41) is 1.42. The van der Waals surface area contributed by atoms with Crippen molar-refractivity contribution >= 4 is 78.0 Å². The van der Waals surface area contributed by atoms with Crippen molar-refractivity contribution in [2.24, 2.45) is 0 Å². The van der Waals surface area contributed by atoms with Crippen molar-refractivity contribution in [3.8, 4) is 22.3 Å². The van der Waals surface area contributed by atoms with Gasteiger partial charge in [0.2, 0.25) is 0 Å². The molecular weight excluding hydrogens is 972 g/mol. The number of benzene rings is 7. The van der Waals surface area contributed by atoms with Crippen LogP contribution in [0.3, 0.4) is 0 Å². The van der Waals surface area contributed by atoms with Crippen LogP contribution in [-0.2, 0) is 43.3 Å². The fraction of sp³-hybridized carbons (Fsp3) is 0.413. The molecule has 2 nitrogen and oxygen atoms in total. The first-order valence-corrected chi connectivity index (χ1v) is 30.9. The van der Waals surface area contributed by atoms with E-state index in [0.29, 0.717) is 0 Å². The molecule has 2 bridgehead atoms. The van der Waals surface area contributed by atoms with Crippen molar-refractivity contribution in [1.82, 2.24) is 0 Å². The topological polar surface area (TPSA) is 6.48 Å². The van der Waals surface area contributed by atoms with Gasteiger partial charge in [-0.25, -0.2) is 0 Å². The lowest BCUT2D eigenvalue weighted by atomic mass is 9.35. The van der Waals surface area contributed by atoms with Crippen molar-refractivity contribution in [1.29, 1.82) is 0 Å². The third-order valence-corrected chi connectivity index (χ3v) is 22.6. The van der Waals surface area contributed by atoms with Gasteiger partial charge in [0.15, 0.2) is 0 Å². The Morgan fingerprint density at radius 1 is 0.418 bits per heavy atom. The molecule has 2 aliphatic heterocycles. The van der Waals surface area contributed by atoms with Gasteiger partial charge in [-0.2, -0.15) is 0 Å². The number of anilines is 6. The SMILES string of the molecule is CC(C)(C)c1ccc(N2c3cc4c(cc3B3c5sc6cc7c(cc6c5N(c5cc6c(cc5-c5ccccc5)C(C)(C)CCC6(C)C)c5cc(C(C)(C)C)cc2c53)C2(C)CCC7(C)C2)C(C)(C)CCC4(C)C)c(-c2ccccc2)c1. The van der Waals surface area contributed by atoms with E-state index in [0.717, 1.165) is 12.8 Å². The molecule has 7 aromatic carbocycles. The van der Waals surface area contributed by atoms with E-state index in [4.69, 9.17) is 0 Å². The van der Waals surface area contributed by atoms with Crippen LogP contribution in [0.4, 0.5) is 34.1 Å². The molecular formula is C75H83BN2S. The number of rotatable bonds is 4. The van der Waals surface area contributed by atoms with Gasteiger partial charge in [0.25, 0.3) is 6.71 Å². The van der Waals surface area contributed by atoms with Gasteiger partial charge >= 0.3 is 0 Å². The van der Waals surface area contributed by atoms with Crippen LogP contribution in [0, 0.1) is 0 Å². The van der Waals surface area contributed by atoms with E-state index in [1.165, 1.54) is 148 Å². The molecule has 2 atom stereocenters. The molecule has 6 aliphatic rings. The second-order valence-electron chi connectivity index (χ2n) is 30.9. The van der Waals surface area contributed by atoms with Gasteiger partial charge in [0, 0.05) is 43.1 Å². The van der Waals surface area contributed by atoms with Crippen LogP contribution in [0.15, 0.2) is 127 Å². The third kappa shape index (κ3) is 7.46. The quantitative estimate of drug-likeness (QED) is 0.162. The molecule has 2 unspecified atom stereocenters. The van der Waals surface area contributed by atoms with E-state index in [2.05, 4.69) is 259 Å². The molecule has 0 saturated heterocycles. The molecule has 0 amide bonds. The first-order valence-electron chi connectivity index (χ1n) is 30.1. The molecule has 8 aromatic rings. The summed E-state index contributed by atoms with van der Waals surface area (Å²) in [4.78, 5) is 5.63. The Balaban J connectivity index is 1.18. The molecule has 79 heavy (non-hydrogen) atoms. The maximum absolute atomic E-state index is 2.86. The second-order valence-corrected chi connectivity index (χ2v) is 32.0. The Hall–Kier alpha value is -5.84. The molecule has 0 radical (unpaired) electrons. The van der Waals surface area contributed by atoms with Gasteiger partial charge in [-0.15, -0.1) is 11.3 Å². The van der Waals surface area contributed by atoms with E-state index in [1.54, 1.807) is 11.1 Å². The molecule has 1 saturated carbocycles. The summed E-state index contributed by atoms with van der Waals surface area (Å²) in [6.07, 6.45) is 8.44. The van der Waals surface area contributed by atoms with Crippen LogP contribution >= 0.6 is 11.3 Å². The monoisotopic (exact) mass is 1050 g/mol. The summed E-state index contributed by atoms with van der Waals surface area (Å²) in [6, 6.07) is 51.7. The summed E-state index contributed by atoms with van der Waals surface area (Å²) in [5.41, 5.74) is 28.1. The standard InChI is InChI=1S/C75H83BN2S/c1-68(2,3)47-27-28-59(49(35-47)45-23-19-17-20-24-45)77-61-42-55-53(71(9,10)30-32-73(55,13)14)40-58(61)76-65-62(77)36-48(69(4,5)6)37-63(65)78(66-51-39-56-57(43-64(51)79-67(66)76)75(16)34-33-74(56,15)44-75)60-41-54-52(70(7,8)29-31-72(54,11)12)38-50(60)46-25-21-18-22-26-46/h17-28,35-43H,29-34,44H2,1-16H3. The van der Waals surface area contributed by atoms with Crippen molar-refractivity contribution in [2.75, 3.05) is 9.80 Å². The predicted octanol–water partition coefficient (Wildman–Crippen LogP) is 19.3. The zero-order chi connectivity index (χ0) is 55.5. The zero-order valence-electron chi connectivity index (χ0n) is 50.5. The number of nitrogens with zero attached hydrogens (tertiary/aromatic N) is 2. The highest BCUT2D eigenvalue weighted by Crippen LogP contribution is 2.63. The Bertz CT molecular complexity index is 3890. The Labute approximate surface area is 478 Å². The Morgan fingerprint density at radius 2 is 0.899 bits per heavy atom. The summed E-state index contributed by atoms with van der Waals surface area (Å²) in [7, 11) is 0. The first-order chi connectivity index (χ1) is 37.1. The fourth-order valence-electron chi connectivity index (χ4n) is 16.3. The van der Waals surface area contributed by atoms with Crippen LogP contribution in [0.2, 0.25) is 0 Å². The van der Waals surface area contributed by atoms with E-state index in [1.807, 2.05) is 0 Å². The van der Waals surface area contributed by atoms with E-state index in [9.17, 15) is 0 Å². The van der Waals surface area contributed by atoms with Gasteiger partial charge in [0.05, 0.1) is 17.1 Å². The molecule has 0 spiro atoms. The summed E-state index contributed by atoms with van der Waals surface area (Å²) in [6.45, 7) is 39.7. The van der Waals surface area contributed by atoms with Crippen LogP contribution in [-0.4, -0.2) is 6.71 Å². The second kappa shape index (κ2) is 16.4. The van der Waals surface area contributed by atoms with Crippen molar-refractivity contribution in [3.63, 3.8) is 0 Å². The van der Waals surface area contributed by atoms with Crippen molar-refractivity contribution in [2.45, 2.75) is 199 Å². The van der Waals surface area contributed by atoms with Crippen LogP contribution in [0.1, 0.15) is 200 Å². The van der Waals surface area contributed by atoms with Gasteiger partial charge < -0.3 is 9.80 Å². The summed E-state index contributed by atoms with van der Waals surface area (Å²) in [5.74, 6) is 0. The molecule has 3 heterocycles. The van der Waals surface area contributed by atoms with E-state index >= 15 is 0 Å². The maximum Gasteiger partial charge on any atom is 0.264 e. The Kier molecular flexibility index (Phi) is 10.7. The fourth-order valence-corrected chi connectivity index (χ4v) is 17.6. The van der Waals surface area contributed by atoms with E-state index in [-0.39, 0.29) is 50.0 Å². The molecule has 4 aliphatic carbocycles. The smallest absolute Gasteiger partial charge is 0.264 e. The lowest BCUT2D eigenvalue weighted by molar-refractivity contribution is 0.332. The van der Waals surface area contributed by atoms with Gasteiger partial charge in [0.1, 0.15) is 0 Å². The van der Waals surface area contributed by atoms with Crippen molar-refractivity contribution in [3.05, 3.63) is 172 Å². The largest absolute Gasteiger partial charge is 0.311 e. The number of fused-ring (bicyclic) bond motifs is 13. The Morgan fingerprint density at radius 3 is 1.44 bits per heavy atom. The first kappa shape index (κ1) is 51.3. The number of hydrogen-bond donors (Lipinski definition) is 0. The minimum atomic E-state index is -0.163. The summed E-state index contributed by atoms with van der Waals surface area (Å²) < 4.78 is 2.92. The molecule has 1 aromatic heterocycles. The van der Waals surface area contributed by atoms with E-state index < -0.39 is 0 Å². The molecule has 1 fully saturated rings. The van der Waals surface area contributed by atoms with Crippen LogP contribution in [0.25, 0.3) is 32.3 Å². The normalized spacial score (nSPS) is 22.5. The molecule has 14 rings (SSSR count). The molecule has 4 heteroatoms. The predicted molar refractivity (Wildman–Crippen MR) is 343 cm³/mol. The van der Waals surface area contributed by atoms with Crippen LogP contribution in [0.5, 0.6) is 0 Å². The zero-order valence-corrected chi connectivity index (χ0v) is 51.3. The average Bonchev–Trinajstić information content (AvgIpc) is 2.58. The minimum absolute atomic E-state index is 0.00589. The lowest BCUT2D eigenvalue weighted by Crippen LogP contribution is -2.61. The highest BCUT2D eigenvalue weighted by molar-refractivity contribution is 7.33. The van der Waals surface area contributed by atoms with Crippen molar-refractivity contribution < 1.29 is 0 Å².